The number of imidazole rings is 1. The summed E-state index contributed by atoms with van der Waals surface area (Å²) in [4.78, 5) is 4.42. The molecule has 1 atom stereocenters. The third-order valence-corrected chi connectivity index (χ3v) is 4.07. The van der Waals surface area contributed by atoms with Crippen LogP contribution in [0, 0.1) is 13.8 Å². The van der Waals surface area contributed by atoms with E-state index in [1.807, 2.05) is 36.6 Å². The molecule has 0 aliphatic rings. The first-order valence-corrected chi connectivity index (χ1v) is 7.14. The number of benzene rings is 1. The summed E-state index contributed by atoms with van der Waals surface area (Å²) in [5, 5.41) is 4.01. The van der Waals surface area contributed by atoms with E-state index in [-0.39, 0.29) is 6.04 Å². The van der Waals surface area contributed by atoms with Crippen molar-refractivity contribution in [3.8, 4) is 0 Å². The van der Waals surface area contributed by atoms with Crippen LogP contribution in [0.5, 0.6) is 0 Å². The number of anilines is 1. The second kappa shape index (κ2) is 4.63. The molecule has 0 fully saturated rings. The van der Waals surface area contributed by atoms with Crippen LogP contribution in [0.2, 0.25) is 0 Å². The van der Waals surface area contributed by atoms with Crippen molar-refractivity contribution in [1.82, 2.24) is 14.7 Å². The van der Waals surface area contributed by atoms with E-state index in [0.29, 0.717) is 5.95 Å². The van der Waals surface area contributed by atoms with Gasteiger partial charge in [0.1, 0.15) is 5.76 Å². The van der Waals surface area contributed by atoms with Gasteiger partial charge in [-0.05, 0) is 39.0 Å². The van der Waals surface area contributed by atoms with Crippen molar-refractivity contribution >= 4 is 32.9 Å². The summed E-state index contributed by atoms with van der Waals surface area (Å²) >= 11 is 3.45. The first kappa shape index (κ1) is 13.2. The van der Waals surface area contributed by atoms with Gasteiger partial charge in [0.25, 0.3) is 0 Å². The van der Waals surface area contributed by atoms with Gasteiger partial charge in [-0.1, -0.05) is 21.1 Å². The molecule has 0 saturated heterocycles. The average Bonchev–Trinajstić information content (AvgIpc) is 2.88. The summed E-state index contributed by atoms with van der Waals surface area (Å²) in [6.45, 7) is 5.93. The first-order valence-electron chi connectivity index (χ1n) is 6.34. The smallest absolute Gasteiger partial charge is 0.201 e. The molecule has 2 aromatic heterocycles. The summed E-state index contributed by atoms with van der Waals surface area (Å²) < 4.78 is 8.25. The van der Waals surface area contributed by atoms with Crippen molar-refractivity contribution in [3.05, 3.63) is 39.7 Å². The molecule has 5 nitrogen and oxygen atoms in total. The quantitative estimate of drug-likeness (QED) is 0.777. The Bertz CT molecular complexity index is 770. The van der Waals surface area contributed by atoms with Crippen LogP contribution in [0.25, 0.3) is 11.0 Å². The van der Waals surface area contributed by atoms with E-state index in [1.165, 1.54) is 0 Å². The lowest BCUT2D eigenvalue weighted by molar-refractivity contribution is 0.391. The van der Waals surface area contributed by atoms with Crippen LogP contribution in [0.3, 0.4) is 0 Å². The third-order valence-electron chi connectivity index (χ3n) is 3.57. The standard InChI is InChI=1S/C14H15BrN4O/c1-7-13(9(3)20-18-7)8(2)19-12-5-4-10(15)6-11(12)17-14(19)16/h4-6,8H,1-3H3,(H2,16,17). The fourth-order valence-corrected chi connectivity index (χ4v) is 3.06. The molecular weight excluding hydrogens is 320 g/mol. The number of hydrogen-bond acceptors (Lipinski definition) is 4. The summed E-state index contributed by atoms with van der Waals surface area (Å²) in [6, 6.07) is 5.98. The van der Waals surface area contributed by atoms with Gasteiger partial charge in [-0.3, -0.25) is 0 Å². The highest BCUT2D eigenvalue weighted by atomic mass is 79.9. The van der Waals surface area contributed by atoms with Crippen molar-refractivity contribution in [2.75, 3.05) is 5.73 Å². The lowest BCUT2D eigenvalue weighted by atomic mass is 10.1. The molecule has 1 unspecified atom stereocenters. The number of aryl methyl sites for hydroxylation is 2. The topological polar surface area (TPSA) is 69.9 Å². The Balaban J connectivity index is 2.22. The van der Waals surface area contributed by atoms with Crippen molar-refractivity contribution in [3.63, 3.8) is 0 Å². The molecular formula is C14H15BrN4O. The largest absolute Gasteiger partial charge is 0.369 e. The minimum absolute atomic E-state index is 0.0208. The van der Waals surface area contributed by atoms with Gasteiger partial charge in [-0.15, -0.1) is 0 Å². The number of nitrogen functional groups attached to an aromatic ring is 1. The van der Waals surface area contributed by atoms with Gasteiger partial charge in [0, 0.05) is 10.0 Å². The number of nitrogens with two attached hydrogens (primary N) is 1. The number of halogens is 1. The number of nitrogens with zero attached hydrogens (tertiary/aromatic N) is 3. The fourth-order valence-electron chi connectivity index (χ4n) is 2.71. The van der Waals surface area contributed by atoms with E-state index < -0.39 is 0 Å². The van der Waals surface area contributed by atoms with E-state index in [9.17, 15) is 0 Å². The van der Waals surface area contributed by atoms with Crippen LogP contribution in [0.1, 0.15) is 30.0 Å². The zero-order chi connectivity index (χ0) is 14.4. The van der Waals surface area contributed by atoms with Crippen molar-refractivity contribution in [2.24, 2.45) is 0 Å². The highest BCUT2D eigenvalue weighted by Crippen LogP contribution is 2.31. The molecule has 6 heteroatoms. The second-order valence-electron chi connectivity index (χ2n) is 4.89. The number of hydrogen-bond donors (Lipinski definition) is 1. The lowest BCUT2D eigenvalue weighted by Gasteiger charge is -2.16. The monoisotopic (exact) mass is 334 g/mol. The van der Waals surface area contributed by atoms with Crippen LogP contribution in [0.4, 0.5) is 5.95 Å². The SMILES string of the molecule is Cc1noc(C)c1C(C)n1c(N)nc2cc(Br)ccc21. The predicted molar refractivity (Wildman–Crippen MR) is 81.6 cm³/mol. The van der Waals surface area contributed by atoms with Gasteiger partial charge in [0.2, 0.25) is 5.95 Å². The van der Waals surface area contributed by atoms with E-state index >= 15 is 0 Å². The van der Waals surface area contributed by atoms with Crippen LogP contribution in [-0.4, -0.2) is 14.7 Å². The van der Waals surface area contributed by atoms with E-state index in [4.69, 9.17) is 10.3 Å². The van der Waals surface area contributed by atoms with Crippen molar-refractivity contribution < 1.29 is 4.52 Å². The minimum atomic E-state index is 0.0208. The molecule has 1 aromatic carbocycles. The fraction of sp³-hybridized carbons (Fsp3) is 0.286. The van der Waals surface area contributed by atoms with Gasteiger partial charge in [0.15, 0.2) is 0 Å². The van der Waals surface area contributed by atoms with Gasteiger partial charge in [-0.25, -0.2) is 4.98 Å². The normalized spacial score (nSPS) is 13.0. The van der Waals surface area contributed by atoms with Gasteiger partial charge in [-0.2, -0.15) is 0 Å². The zero-order valence-electron chi connectivity index (χ0n) is 11.5. The Morgan fingerprint density at radius 2 is 2.10 bits per heavy atom. The van der Waals surface area contributed by atoms with Crippen LogP contribution in [0.15, 0.2) is 27.2 Å². The first-order chi connectivity index (χ1) is 9.49. The number of aromatic nitrogens is 3. The molecule has 0 bridgehead atoms. The van der Waals surface area contributed by atoms with Gasteiger partial charge in [0.05, 0.1) is 22.8 Å². The maximum absolute atomic E-state index is 6.10. The van der Waals surface area contributed by atoms with Crippen LogP contribution >= 0.6 is 15.9 Å². The Labute approximate surface area is 124 Å². The molecule has 0 aliphatic carbocycles. The molecule has 0 spiro atoms. The number of fused-ring (bicyclic) bond motifs is 1. The molecule has 20 heavy (non-hydrogen) atoms. The van der Waals surface area contributed by atoms with E-state index in [1.54, 1.807) is 0 Å². The predicted octanol–water partition coefficient (Wildman–Crippen LogP) is 3.60. The molecule has 0 amide bonds. The Morgan fingerprint density at radius 1 is 1.35 bits per heavy atom. The molecule has 2 heterocycles. The maximum atomic E-state index is 6.10. The minimum Gasteiger partial charge on any atom is -0.369 e. The summed E-state index contributed by atoms with van der Waals surface area (Å²) in [5.41, 5.74) is 9.90. The average molecular weight is 335 g/mol. The van der Waals surface area contributed by atoms with Crippen molar-refractivity contribution in [2.45, 2.75) is 26.8 Å². The van der Waals surface area contributed by atoms with E-state index in [0.717, 1.165) is 32.5 Å². The Morgan fingerprint density at radius 3 is 2.75 bits per heavy atom. The summed E-state index contributed by atoms with van der Waals surface area (Å²) in [5.74, 6) is 1.30. The number of rotatable bonds is 2. The van der Waals surface area contributed by atoms with Crippen molar-refractivity contribution in [1.29, 1.82) is 0 Å². The Hall–Kier alpha value is -1.82. The van der Waals surface area contributed by atoms with E-state index in [2.05, 4.69) is 33.0 Å². The molecule has 2 N–H and O–H groups in total. The van der Waals surface area contributed by atoms with Gasteiger partial charge < -0.3 is 14.8 Å². The summed E-state index contributed by atoms with van der Waals surface area (Å²) in [7, 11) is 0. The molecule has 0 aliphatic heterocycles. The Kier molecular flexibility index (Phi) is 3.05. The highest BCUT2D eigenvalue weighted by Gasteiger charge is 2.21. The zero-order valence-corrected chi connectivity index (χ0v) is 13.1. The third kappa shape index (κ3) is 1.91. The second-order valence-corrected chi connectivity index (χ2v) is 5.80. The molecule has 3 aromatic rings. The molecule has 3 rings (SSSR count). The molecule has 104 valence electrons. The van der Waals surface area contributed by atoms with Crippen LogP contribution < -0.4 is 5.73 Å². The summed E-state index contributed by atoms with van der Waals surface area (Å²) in [6.07, 6.45) is 0. The lowest BCUT2D eigenvalue weighted by Crippen LogP contribution is -2.11. The maximum Gasteiger partial charge on any atom is 0.201 e. The molecule has 0 radical (unpaired) electrons. The molecule has 0 saturated carbocycles. The van der Waals surface area contributed by atoms with Crippen LogP contribution in [-0.2, 0) is 0 Å². The highest BCUT2D eigenvalue weighted by molar-refractivity contribution is 9.10. The van der Waals surface area contributed by atoms with Gasteiger partial charge >= 0.3 is 0 Å².